The number of halogens is 1. The van der Waals surface area contributed by atoms with Gasteiger partial charge in [-0.25, -0.2) is 9.37 Å². The first-order valence-corrected chi connectivity index (χ1v) is 11.1. The third-order valence-corrected chi connectivity index (χ3v) is 5.64. The molecule has 1 aliphatic heterocycles. The van der Waals surface area contributed by atoms with E-state index >= 15 is 0 Å². The van der Waals surface area contributed by atoms with Crippen molar-refractivity contribution in [3.63, 3.8) is 0 Å². The Labute approximate surface area is 187 Å². The number of carbonyl (C=O) groups excluding carboxylic acids is 1. The van der Waals surface area contributed by atoms with Crippen LogP contribution in [-0.2, 0) is 11.2 Å². The van der Waals surface area contributed by atoms with E-state index in [-0.39, 0.29) is 17.6 Å². The van der Waals surface area contributed by atoms with Gasteiger partial charge < -0.3 is 15.5 Å². The summed E-state index contributed by atoms with van der Waals surface area (Å²) in [4.78, 5) is 23.7. The highest BCUT2D eigenvalue weighted by atomic mass is 19.1. The predicted molar refractivity (Wildman–Crippen MR) is 124 cm³/mol. The summed E-state index contributed by atoms with van der Waals surface area (Å²) in [6, 6.07) is 18.5. The maximum absolute atomic E-state index is 13.9. The van der Waals surface area contributed by atoms with E-state index < -0.39 is 0 Å². The minimum atomic E-state index is -0.338. The van der Waals surface area contributed by atoms with E-state index in [0.717, 1.165) is 32.2 Å². The van der Waals surface area contributed by atoms with E-state index in [4.69, 9.17) is 0 Å². The van der Waals surface area contributed by atoms with E-state index in [2.05, 4.69) is 32.7 Å². The summed E-state index contributed by atoms with van der Waals surface area (Å²) < 4.78 is 13.9. The van der Waals surface area contributed by atoms with Crippen molar-refractivity contribution in [3.05, 3.63) is 78.2 Å². The molecule has 1 saturated heterocycles. The first-order valence-electron chi connectivity index (χ1n) is 11.1. The molecule has 1 amide bonds. The largest absolute Gasteiger partial charge is 0.356 e. The van der Waals surface area contributed by atoms with Crippen LogP contribution in [0.4, 0.5) is 21.8 Å². The van der Waals surface area contributed by atoms with Crippen molar-refractivity contribution in [2.75, 3.05) is 29.9 Å². The smallest absolute Gasteiger partial charge is 0.227 e. The lowest BCUT2D eigenvalue weighted by molar-refractivity contribution is -0.125. The second kappa shape index (κ2) is 10.7. The Morgan fingerprint density at radius 1 is 1.09 bits per heavy atom. The highest BCUT2D eigenvalue weighted by Crippen LogP contribution is 2.23. The van der Waals surface area contributed by atoms with E-state index in [9.17, 15) is 9.18 Å². The predicted octanol–water partition coefficient (Wildman–Crippen LogP) is 4.32. The Morgan fingerprint density at radius 3 is 2.75 bits per heavy atom. The fourth-order valence-corrected chi connectivity index (χ4v) is 3.94. The number of rotatable bonds is 8. The van der Waals surface area contributed by atoms with Gasteiger partial charge >= 0.3 is 0 Å². The molecule has 3 aromatic rings. The van der Waals surface area contributed by atoms with Gasteiger partial charge in [0.05, 0.1) is 11.6 Å². The van der Waals surface area contributed by atoms with Crippen LogP contribution in [0.3, 0.4) is 0 Å². The number of nitrogens with one attached hydrogen (secondary N) is 2. The third-order valence-electron chi connectivity index (χ3n) is 5.64. The van der Waals surface area contributed by atoms with Crippen molar-refractivity contribution < 1.29 is 9.18 Å². The molecular formula is C25H28FN5O. The maximum Gasteiger partial charge on any atom is 0.227 e. The van der Waals surface area contributed by atoms with Crippen molar-refractivity contribution >= 4 is 23.4 Å². The summed E-state index contributed by atoms with van der Waals surface area (Å²) in [7, 11) is 0. The number of benzene rings is 2. The molecule has 2 aromatic carbocycles. The third kappa shape index (κ3) is 5.81. The molecule has 32 heavy (non-hydrogen) atoms. The minimum absolute atomic E-state index is 0.0865. The maximum atomic E-state index is 13.9. The molecule has 1 unspecified atom stereocenters. The fourth-order valence-electron chi connectivity index (χ4n) is 3.94. The van der Waals surface area contributed by atoms with Gasteiger partial charge in [0, 0.05) is 25.8 Å². The molecule has 7 heteroatoms. The zero-order valence-electron chi connectivity index (χ0n) is 18.0. The quantitative estimate of drug-likeness (QED) is 0.518. The average molecular weight is 434 g/mol. The average Bonchev–Trinajstić information content (AvgIpc) is 2.84. The molecule has 0 bridgehead atoms. The highest BCUT2D eigenvalue weighted by Gasteiger charge is 2.27. The molecular weight excluding hydrogens is 405 g/mol. The number of hydrogen-bond acceptors (Lipinski definition) is 5. The molecule has 0 aliphatic carbocycles. The van der Waals surface area contributed by atoms with Crippen LogP contribution in [0.1, 0.15) is 24.8 Å². The number of aromatic nitrogens is 2. The Bertz CT molecular complexity index is 1030. The van der Waals surface area contributed by atoms with E-state index in [0.29, 0.717) is 30.5 Å². The Balaban J connectivity index is 1.30. The number of carbonyl (C=O) groups is 1. The van der Waals surface area contributed by atoms with Gasteiger partial charge in [-0.1, -0.05) is 42.5 Å². The number of hydrogen-bond donors (Lipinski definition) is 2. The van der Waals surface area contributed by atoms with Gasteiger partial charge in [0.15, 0.2) is 0 Å². The molecule has 6 nitrogen and oxygen atoms in total. The van der Waals surface area contributed by atoms with Crippen LogP contribution in [0.25, 0.3) is 0 Å². The van der Waals surface area contributed by atoms with Gasteiger partial charge in [0.2, 0.25) is 11.9 Å². The highest BCUT2D eigenvalue weighted by molar-refractivity contribution is 5.79. The van der Waals surface area contributed by atoms with Gasteiger partial charge in [-0.05, 0) is 49.4 Å². The van der Waals surface area contributed by atoms with Crippen LogP contribution in [-0.4, -0.2) is 35.5 Å². The summed E-state index contributed by atoms with van der Waals surface area (Å²) in [6.45, 7) is 2.04. The van der Waals surface area contributed by atoms with Crippen molar-refractivity contribution in [1.82, 2.24) is 15.3 Å². The van der Waals surface area contributed by atoms with Gasteiger partial charge in [-0.3, -0.25) is 4.79 Å². The van der Waals surface area contributed by atoms with Crippen LogP contribution in [0.15, 0.2) is 66.9 Å². The van der Waals surface area contributed by atoms with Crippen molar-refractivity contribution in [2.24, 2.45) is 5.92 Å². The number of para-hydroxylation sites is 1. The number of piperidine rings is 1. The van der Waals surface area contributed by atoms with E-state index in [1.54, 1.807) is 30.5 Å². The Hall–Kier alpha value is -3.48. The summed E-state index contributed by atoms with van der Waals surface area (Å²) in [5.74, 6) is 0.728. The molecule has 4 rings (SSSR count). The first kappa shape index (κ1) is 21.7. The molecule has 1 atom stereocenters. The van der Waals surface area contributed by atoms with Gasteiger partial charge in [0.25, 0.3) is 0 Å². The number of nitrogens with zero attached hydrogens (tertiary/aromatic N) is 3. The van der Waals surface area contributed by atoms with Crippen molar-refractivity contribution in [3.8, 4) is 0 Å². The molecule has 1 fully saturated rings. The molecule has 2 heterocycles. The molecule has 0 radical (unpaired) electrons. The molecule has 0 saturated carbocycles. The molecule has 0 spiro atoms. The zero-order chi connectivity index (χ0) is 22.2. The van der Waals surface area contributed by atoms with Gasteiger partial charge in [-0.15, -0.1) is 0 Å². The lowest BCUT2D eigenvalue weighted by atomic mass is 9.97. The summed E-state index contributed by atoms with van der Waals surface area (Å²) >= 11 is 0. The van der Waals surface area contributed by atoms with Crippen molar-refractivity contribution in [1.29, 1.82) is 0 Å². The number of aryl methyl sites for hydroxylation is 1. The lowest BCUT2D eigenvalue weighted by Gasteiger charge is -2.32. The molecule has 166 valence electrons. The number of anilines is 3. The Kier molecular flexibility index (Phi) is 7.27. The normalized spacial score (nSPS) is 15.9. The molecule has 1 aromatic heterocycles. The van der Waals surface area contributed by atoms with Crippen LogP contribution in [0, 0.1) is 11.7 Å². The summed E-state index contributed by atoms with van der Waals surface area (Å²) in [5.41, 5.74) is 1.65. The Morgan fingerprint density at radius 2 is 1.91 bits per heavy atom. The van der Waals surface area contributed by atoms with Crippen LogP contribution in [0.2, 0.25) is 0 Å². The monoisotopic (exact) mass is 433 g/mol. The minimum Gasteiger partial charge on any atom is -0.356 e. The number of amides is 1. The SMILES string of the molecule is O=C(NCCCc1ccccc1)C1CCCN(c2nccc(Nc3ccccc3F)n2)C1. The van der Waals surface area contributed by atoms with Gasteiger partial charge in [-0.2, -0.15) is 4.98 Å². The molecule has 2 N–H and O–H groups in total. The topological polar surface area (TPSA) is 70.2 Å². The van der Waals surface area contributed by atoms with E-state index in [1.807, 2.05) is 23.1 Å². The van der Waals surface area contributed by atoms with Gasteiger partial charge in [0.1, 0.15) is 11.6 Å². The van der Waals surface area contributed by atoms with Crippen LogP contribution >= 0.6 is 0 Å². The van der Waals surface area contributed by atoms with Crippen LogP contribution in [0.5, 0.6) is 0 Å². The second-order valence-corrected chi connectivity index (χ2v) is 8.01. The second-order valence-electron chi connectivity index (χ2n) is 8.01. The van der Waals surface area contributed by atoms with Crippen LogP contribution < -0.4 is 15.5 Å². The zero-order valence-corrected chi connectivity index (χ0v) is 18.0. The fraction of sp³-hybridized carbons (Fsp3) is 0.320. The van der Waals surface area contributed by atoms with Crippen molar-refractivity contribution in [2.45, 2.75) is 25.7 Å². The lowest BCUT2D eigenvalue weighted by Crippen LogP contribution is -2.44. The summed E-state index contributed by atoms with van der Waals surface area (Å²) in [6.07, 6.45) is 5.27. The summed E-state index contributed by atoms with van der Waals surface area (Å²) in [5, 5.41) is 6.09. The molecule has 1 aliphatic rings. The van der Waals surface area contributed by atoms with E-state index in [1.165, 1.54) is 11.6 Å². The standard InChI is InChI=1S/C25H28FN5O/c26-21-12-4-5-13-22(21)29-23-14-16-28-25(30-23)31-17-7-11-20(18-31)24(32)27-15-6-10-19-8-2-1-3-9-19/h1-5,8-9,12-14,16,20H,6-7,10-11,15,17-18H2,(H,27,32)(H,28,29,30). The first-order chi connectivity index (χ1) is 15.7.